The van der Waals surface area contributed by atoms with Gasteiger partial charge in [0.05, 0.1) is 19.1 Å². The minimum absolute atomic E-state index is 0. The molecule has 1 aliphatic heterocycles. The number of amides is 1. The van der Waals surface area contributed by atoms with Crippen molar-refractivity contribution in [2.75, 3.05) is 26.7 Å². The second-order valence-corrected chi connectivity index (χ2v) is 6.24. The van der Waals surface area contributed by atoms with Crippen molar-refractivity contribution in [3.05, 3.63) is 65.5 Å². The molecule has 0 radical (unpaired) electrons. The van der Waals surface area contributed by atoms with E-state index in [2.05, 4.69) is 5.32 Å². The maximum absolute atomic E-state index is 14.1. The van der Waals surface area contributed by atoms with Gasteiger partial charge in [0, 0.05) is 25.2 Å². The highest BCUT2D eigenvalue weighted by atomic mass is 35.5. The van der Waals surface area contributed by atoms with E-state index in [0.717, 1.165) is 17.9 Å². The summed E-state index contributed by atoms with van der Waals surface area (Å²) in [7, 11) is 1.63. The molecule has 1 amide bonds. The van der Waals surface area contributed by atoms with Crippen LogP contribution in [0.15, 0.2) is 48.5 Å². The summed E-state index contributed by atoms with van der Waals surface area (Å²) in [5.74, 6) is -0.182. The van der Waals surface area contributed by atoms with Gasteiger partial charge in [-0.2, -0.15) is 0 Å². The lowest BCUT2D eigenvalue weighted by atomic mass is 9.95. The Morgan fingerprint density at radius 1 is 1.23 bits per heavy atom. The molecule has 4 nitrogen and oxygen atoms in total. The summed E-state index contributed by atoms with van der Waals surface area (Å²) in [6.07, 6.45) is 0. The first-order valence-corrected chi connectivity index (χ1v) is 8.52. The van der Waals surface area contributed by atoms with Gasteiger partial charge in [0.15, 0.2) is 0 Å². The summed E-state index contributed by atoms with van der Waals surface area (Å²) in [6, 6.07) is 14.1. The molecule has 2 aromatic rings. The Morgan fingerprint density at radius 2 is 1.92 bits per heavy atom. The average Bonchev–Trinajstić information content (AvgIpc) is 2.67. The van der Waals surface area contributed by atoms with Crippen LogP contribution in [0.2, 0.25) is 0 Å². The Bertz CT molecular complexity index is 756. The van der Waals surface area contributed by atoms with Crippen molar-refractivity contribution < 1.29 is 13.9 Å². The molecule has 2 aromatic carbocycles. The van der Waals surface area contributed by atoms with Crippen LogP contribution < -0.4 is 10.1 Å². The summed E-state index contributed by atoms with van der Waals surface area (Å²) < 4.78 is 19.6. The fraction of sp³-hybridized carbons (Fsp3) is 0.350. The van der Waals surface area contributed by atoms with Crippen LogP contribution in [0.5, 0.6) is 5.75 Å². The largest absolute Gasteiger partial charge is 0.496 e. The molecule has 0 bridgehead atoms. The first-order valence-electron chi connectivity index (χ1n) is 8.52. The molecule has 140 valence electrons. The van der Waals surface area contributed by atoms with Crippen molar-refractivity contribution in [2.24, 2.45) is 0 Å². The predicted molar refractivity (Wildman–Crippen MR) is 102 cm³/mol. The van der Waals surface area contributed by atoms with E-state index < -0.39 is 5.92 Å². The topological polar surface area (TPSA) is 41.6 Å². The second kappa shape index (κ2) is 9.01. The third-order valence-electron chi connectivity index (χ3n) is 4.77. The zero-order valence-electron chi connectivity index (χ0n) is 14.9. The molecule has 1 aliphatic rings. The highest BCUT2D eigenvalue weighted by Crippen LogP contribution is 2.32. The van der Waals surface area contributed by atoms with Crippen molar-refractivity contribution in [2.45, 2.75) is 18.9 Å². The number of halogens is 2. The quantitative estimate of drug-likeness (QED) is 0.884. The summed E-state index contributed by atoms with van der Waals surface area (Å²) in [4.78, 5) is 15.0. The molecule has 26 heavy (non-hydrogen) atoms. The third-order valence-corrected chi connectivity index (χ3v) is 4.77. The van der Waals surface area contributed by atoms with Gasteiger partial charge in [-0.1, -0.05) is 36.4 Å². The zero-order chi connectivity index (χ0) is 17.8. The van der Waals surface area contributed by atoms with E-state index in [1.54, 1.807) is 32.2 Å². The SMILES string of the molecule is COc1ccccc1C1CNCCN1C(=O)C(C)c1ccccc1F.Cl. The summed E-state index contributed by atoms with van der Waals surface area (Å²) in [6.45, 7) is 3.72. The molecule has 1 saturated heterocycles. The molecule has 1 N–H and O–H groups in total. The lowest BCUT2D eigenvalue weighted by Crippen LogP contribution is -2.50. The van der Waals surface area contributed by atoms with Gasteiger partial charge in [0.1, 0.15) is 11.6 Å². The number of carbonyl (C=O) groups is 1. The predicted octanol–water partition coefficient (Wildman–Crippen LogP) is 3.53. The number of methoxy groups -OCH3 is 1. The molecule has 0 spiro atoms. The van der Waals surface area contributed by atoms with Crippen molar-refractivity contribution in [3.8, 4) is 5.75 Å². The Labute approximate surface area is 159 Å². The van der Waals surface area contributed by atoms with Crippen molar-refractivity contribution in [3.63, 3.8) is 0 Å². The number of nitrogens with zero attached hydrogens (tertiary/aromatic N) is 1. The monoisotopic (exact) mass is 378 g/mol. The van der Waals surface area contributed by atoms with Gasteiger partial charge in [-0.05, 0) is 24.6 Å². The molecule has 2 unspecified atom stereocenters. The summed E-state index contributed by atoms with van der Waals surface area (Å²) in [5, 5.41) is 3.34. The fourth-order valence-electron chi connectivity index (χ4n) is 3.40. The van der Waals surface area contributed by atoms with E-state index in [-0.39, 0.29) is 30.2 Å². The lowest BCUT2D eigenvalue weighted by Gasteiger charge is -2.38. The number of piperazine rings is 1. The van der Waals surface area contributed by atoms with Gasteiger partial charge in [-0.15, -0.1) is 12.4 Å². The summed E-state index contributed by atoms with van der Waals surface area (Å²) >= 11 is 0. The fourth-order valence-corrected chi connectivity index (χ4v) is 3.40. The van der Waals surface area contributed by atoms with Crippen molar-refractivity contribution >= 4 is 18.3 Å². The molecule has 1 fully saturated rings. The number of para-hydroxylation sites is 1. The van der Waals surface area contributed by atoms with Crippen LogP contribution in [0.4, 0.5) is 4.39 Å². The van der Waals surface area contributed by atoms with Crippen molar-refractivity contribution in [1.29, 1.82) is 0 Å². The molecule has 0 saturated carbocycles. The molecule has 6 heteroatoms. The van der Waals surface area contributed by atoms with Crippen LogP contribution in [-0.2, 0) is 4.79 Å². The molecule has 2 atom stereocenters. The molecule has 1 heterocycles. The summed E-state index contributed by atoms with van der Waals surface area (Å²) in [5.41, 5.74) is 1.40. The highest BCUT2D eigenvalue weighted by Gasteiger charge is 2.33. The van der Waals surface area contributed by atoms with Gasteiger partial charge in [0.2, 0.25) is 5.91 Å². The highest BCUT2D eigenvalue weighted by molar-refractivity contribution is 5.85. The van der Waals surface area contributed by atoms with Crippen molar-refractivity contribution in [1.82, 2.24) is 10.2 Å². The minimum Gasteiger partial charge on any atom is -0.496 e. The number of hydrogen-bond donors (Lipinski definition) is 1. The van der Waals surface area contributed by atoms with Gasteiger partial charge >= 0.3 is 0 Å². The van der Waals surface area contributed by atoms with Gasteiger partial charge < -0.3 is 15.0 Å². The van der Waals surface area contributed by atoms with E-state index in [4.69, 9.17) is 4.74 Å². The Balaban J connectivity index is 0.00000243. The van der Waals surface area contributed by atoms with Gasteiger partial charge in [-0.3, -0.25) is 4.79 Å². The van der Waals surface area contributed by atoms with Crippen LogP contribution in [-0.4, -0.2) is 37.6 Å². The smallest absolute Gasteiger partial charge is 0.230 e. The zero-order valence-corrected chi connectivity index (χ0v) is 15.8. The maximum Gasteiger partial charge on any atom is 0.230 e. The number of carbonyl (C=O) groups excluding carboxylic acids is 1. The molecule has 0 aromatic heterocycles. The number of benzene rings is 2. The standard InChI is InChI=1S/C20H23FN2O2.ClH/c1-14(15-7-3-5-9-17(15)21)20(24)23-12-11-22-13-18(23)16-8-4-6-10-19(16)25-2;/h3-10,14,18,22H,11-13H2,1-2H3;1H. The second-order valence-electron chi connectivity index (χ2n) is 6.24. The van der Waals surface area contributed by atoms with Gasteiger partial charge in [0.25, 0.3) is 0 Å². The van der Waals surface area contributed by atoms with Crippen LogP contribution in [0.3, 0.4) is 0 Å². The van der Waals surface area contributed by atoms with E-state index in [1.165, 1.54) is 6.07 Å². The van der Waals surface area contributed by atoms with E-state index >= 15 is 0 Å². The first kappa shape index (κ1) is 20.2. The first-order chi connectivity index (χ1) is 12.1. The average molecular weight is 379 g/mol. The van der Waals surface area contributed by atoms with Crippen LogP contribution in [0, 0.1) is 5.82 Å². The van der Waals surface area contributed by atoms with E-state index in [9.17, 15) is 9.18 Å². The van der Waals surface area contributed by atoms with E-state index in [0.29, 0.717) is 18.7 Å². The van der Waals surface area contributed by atoms with Crippen LogP contribution in [0.25, 0.3) is 0 Å². The number of rotatable bonds is 4. The molecule has 0 aliphatic carbocycles. The maximum atomic E-state index is 14.1. The molecular weight excluding hydrogens is 355 g/mol. The van der Waals surface area contributed by atoms with Crippen LogP contribution >= 0.6 is 12.4 Å². The number of hydrogen-bond acceptors (Lipinski definition) is 3. The Kier molecular flexibility index (Phi) is 7.00. The number of nitrogens with one attached hydrogen (secondary N) is 1. The van der Waals surface area contributed by atoms with E-state index in [1.807, 2.05) is 29.2 Å². The number of ether oxygens (including phenoxy) is 1. The van der Waals surface area contributed by atoms with Gasteiger partial charge in [-0.25, -0.2) is 4.39 Å². The van der Waals surface area contributed by atoms with Crippen LogP contribution in [0.1, 0.15) is 30.0 Å². The Morgan fingerprint density at radius 3 is 2.65 bits per heavy atom. The Hall–Kier alpha value is -2.11. The lowest BCUT2D eigenvalue weighted by molar-refractivity contribution is -0.135. The third kappa shape index (κ3) is 4.00. The minimum atomic E-state index is -0.531. The molecular formula is C20H24ClFN2O2. The normalized spacial score (nSPS) is 18.0. The molecule has 3 rings (SSSR count).